The minimum atomic E-state index is -5.46. The standard InChI is InChI=1S/C40H73F2O8P/c1-3-5-7-9-11-13-15-17-19-21-23-25-27-29-31-33-37(43)48-39(35-36-40(41,42)50-51(45,46)47)49-38(44)34-32-30-28-26-24-22-20-18-16-14-12-10-8-6-4-2/h17-20,39H,3-16,21-36H2,1-2H3,(H2,45,46,47)/b19-17-,20-18-. The lowest BCUT2D eigenvalue weighted by molar-refractivity contribution is -0.214. The van der Waals surface area contributed by atoms with E-state index in [4.69, 9.17) is 19.3 Å². The number of halogens is 2. The molecule has 0 bridgehead atoms. The number of hydrogen-bond acceptors (Lipinski definition) is 6. The van der Waals surface area contributed by atoms with Gasteiger partial charge in [-0.05, 0) is 64.2 Å². The van der Waals surface area contributed by atoms with Crippen molar-refractivity contribution in [2.45, 2.75) is 219 Å². The molecule has 2 N–H and O–H groups in total. The number of phosphoric ester groups is 1. The van der Waals surface area contributed by atoms with Crippen LogP contribution in [0, 0.1) is 0 Å². The van der Waals surface area contributed by atoms with Gasteiger partial charge in [0.05, 0.1) is 0 Å². The van der Waals surface area contributed by atoms with Gasteiger partial charge in [0.2, 0.25) is 6.29 Å². The highest BCUT2D eigenvalue weighted by Gasteiger charge is 2.39. The van der Waals surface area contributed by atoms with Crippen molar-refractivity contribution in [2.75, 3.05) is 0 Å². The largest absolute Gasteiger partial charge is 0.474 e. The summed E-state index contributed by atoms with van der Waals surface area (Å²) in [5, 5.41) is 0. The van der Waals surface area contributed by atoms with E-state index in [1.807, 2.05) is 0 Å². The number of rotatable bonds is 37. The van der Waals surface area contributed by atoms with Crippen molar-refractivity contribution in [3.63, 3.8) is 0 Å². The molecule has 0 unspecified atom stereocenters. The van der Waals surface area contributed by atoms with Crippen molar-refractivity contribution < 1.29 is 46.7 Å². The molecule has 0 saturated heterocycles. The zero-order valence-electron chi connectivity index (χ0n) is 32.1. The Hall–Kier alpha value is -1.61. The van der Waals surface area contributed by atoms with E-state index in [2.05, 4.69) is 42.7 Å². The molecule has 51 heavy (non-hydrogen) atoms. The molecule has 0 atom stereocenters. The number of allylic oxidation sites excluding steroid dienone is 4. The highest BCUT2D eigenvalue weighted by molar-refractivity contribution is 7.46. The second kappa shape index (κ2) is 34.2. The van der Waals surface area contributed by atoms with Crippen LogP contribution in [0.5, 0.6) is 0 Å². The molecular weight excluding hydrogens is 677 g/mol. The second-order valence-corrected chi connectivity index (χ2v) is 15.0. The van der Waals surface area contributed by atoms with E-state index in [-0.39, 0.29) is 12.8 Å². The van der Waals surface area contributed by atoms with Crippen molar-refractivity contribution in [2.24, 2.45) is 0 Å². The van der Waals surface area contributed by atoms with Crippen molar-refractivity contribution in [1.29, 1.82) is 0 Å². The Kier molecular flexibility index (Phi) is 33.1. The first-order valence-corrected chi connectivity index (χ1v) is 21.8. The Morgan fingerprint density at radius 1 is 0.569 bits per heavy atom. The maximum atomic E-state index is 14.0. The molecule has 0 saturated carbocycles. The topological polar surface area (TPSA) is 119 Å². The third-order valence-corrected chi connectivity index (χ3v) is 9.24. The molecule has 0 amide bonds. The van der Waals surface area contributed by atoms with Crippen molar-refractivity contribution in [1.82, 2.24) is 0 Å². The molecule has 0 radical (unpaired) electrons. The van der Waals surface area contributed by atoms with Crippen LogP contribution in [-0.2, 0) is 28.2 Å². The van der Waals surface area contributed by atoms with Gasteiger partial charge < -0.3 is 19.3 Å². The summed E-state index contributed by atoms with van der Waals surface area (Å²) in [4.78, 5) is 42.5. The van der Waals surface area contributed by atoms with E-state index in [1.165, 1.54) is 77.0 Å². The van der Waals surface area contributed by atoms with E-state index in [0.29, 0.717) is 12.8 Å². The molecule has 0 spiro atoms. The lowest BCUT2D eigenvalue weighted by atomic mass is 10.1. The summed E-state index contributed by atoms with van der Waals surface area (Å²) in [7, 11) is -5.46. The minimum absolute atomic E-state index is 0.0514. The van der Waals surface area contributed by atoms with Crippen LogP contribution in [0.15, 0.2) is 24.3 Å². The Balaban J connectivity index is 4.32. The van der Waals surface area contributed by atoms with E-state index in [1.54, 1.807) is 0 Å². The maximum absolute atomic E-state index is 14.0. The van der Waals surface area contributed by atoms with E-state index in [9.17, 15) is 22.9 Å². The number of esters is 2. The van der Waals surface area contributed by atoms with Crippen LogP contribution in [0.4, 0.5) is 8.78 Å². The molecule has 0 heterocycles. The summed E-state index contributed by atoms with van der Waals surface area (Å²) >= 11 is 0. The molecule has 11 heteroatoms. The van der Waals surface area contributed by atoms with Crippen LogP contribution in [0.1, 0.15) is 206 Å². The summed E-state index contributed by atoms with van der Waals surface area (Å²) in [5.74, 6) is -1.35. The van der Waals surface area contributed by atoms with Gasteiger partial charge in [-0.3, -0.25) is 9.59 Å². The quantitative estimate of drug-likeness (QED) is 0.0212. The number of unbranched alkanes of at least 4 members (excludes halogenated alkanes) is 22. The summed E-state index contributed by atoms with van der Waals surface area (Å²) in [5.41, 5.74) is 0. The lowest BCUT2D eigenvalue weighted by Crippen LogP contribution is -2.28. The Bertz CT molecular complexity index is 883. The monoisotopic (exact) mass is 751 g/mol. The summed E-state index contributed by atoms with van der Waals surface area (Å²) in [6.07, 6.45) is 30.3. The maximum Gasteiger partial charge on any atom is 0.474 e. The van der Waals surface area contributed by atoms with Gasteiger partial charge in [-0.15, -0.1) is 0 Å². The van der Waals surface area contributed by atoms with E-state index < -0.39 is 45.0 Å². The fourth-order valence-corrected chi connectivity index (χ4v) is 6.18. The third-order valence-electron chi connectivity index (χ3n) is 8.73. The van der Waals surface area contributed by atoms with Crippen LogP contribution >= 0.6 is 7.82 Å². The average molecular weight is 751 g/mol. The Morgan fingerprint density at radius 2 is 0.882 bits per heavy atom. The highest BCUT2D eigenvalue weighted by atomic mass is 31.2. The Morgan fingerprint density at radius 3 is 1.22 bits per heavy atom. The van der Waals surface area contributed by atoms with Crippen LogP contribution in [0.3, 0.4) is 0 Å². The van der Waals surface area contributed by atoms with E-state index >= 15 is 0 Å². The molecule has 0 aliphatic rings. The predicted molar refractivity (Wildman–Crippen MR) is 202 cm³/mol. The average Bonchev–Trinajstić information content (AvgIpc) is 3.06. The number of alkyl halides is 2. The first kappa shape index (κ1) is 49.4. The van der Waals surface area contributed by atoms with Crippen molar-refractivity contribution >= 4 is 19.8 Å². The molecule has 0 aliphatic carbocycles. The van der Waals surface area contributed by atoms with Gasteiger partial charge >= 0.3 is 25.9 Å². The fraction of sp³-hybridized carbons (Fsp3) is 0.850. The highest BCUT2D eigenvalue weighted by Crippen LogP contribution is 2.44. The zero-order chi connectivity index (χ0) is 37.9. The van der Waals surface area contributed by atoms with Gasteiger partial charge in [-0.25, -0.2) is 9.09 Å². The van der Waals surface area contributed by atoms with Crippen LogP contribution in [0.2, 0.25) is 0 Å². The van der Waals surface area contributed by atoms with Gasteiger partial charge in [-0.2, -0.15) is 8.78 Å². The molecule has 0 aromatic carbocycles. The van der Waals surface area contributed by atoms with Gasteiger partial charge in [0.15, 0.2) is 0 Å². The summed E-state index contributed by atoms with van der Waals surface area (Å²) in [6.45, 7) is 4.45. The normalized spacial score (nSPS) is 12.5. The van der Waals surface area contributed by atoms with Crippen molar-refractivity contribution in [3.8, 4) is 0 Å². The van der Waals surface area contributed by atoms with Gasteiger partial charge in [0.1, 0.15) is 0 Å². The van der Waals surface area contributed by atoms with Gasteiger partial charge in [0.25, 0.3) is 0 Å². The van der Waals surface area contributed by atoms with Crippen LogP contribution in [-0.4, -0.2) is 34.1 Å². The SMILES string of the molecule is CCCCCCCC/C=C\CCCCCCCC(=O)OC(CCC(F)(F)OP(=O)(O)O)OC(=O)CCCCCCC/C=C\CCCCCCCC. The summed E-state index contributed by atoms with van der Waals surface area (Å²) < 4.78 is 52.8. The minimum Gasteiger partial charge on any atom is -0.425 e. The van der Waals surface area contributed by atoms with Crippen LogP contribution in [0.25, 0.3) is 0 Å². The van der Waals surface area contributed by atoms with Crippen LogP contribution < -0.4 is 0 Å². The van der Waals surface area contributed by atoms with E-state index in [0.717, 1.165) is 77.0 Å². The zero-order valence-corrected chi connectivity index (χ0v) is 33.0. The molecule has 0 aliphatic heterocycles. The number of hydrogen-bond donors (Lipinski definition) is 2. The number of carbonyl (C=O) groups excluding carboxylic acids is 2. The number of ether oxygens (including phenoxy) is 2. The van der Waals surface area contributed by atoms with Crippen molar-refractivity contribution in [3.05, 3.63) is 24.3 Å². The molecule has 0 fully saturated rings. The first-order chi connectivity index (χ1) is 24.5. The second-order valence-electron chi connectivity index (χ2n) is 13.8. The lowest BCUT2D eigenvalue weighted by Gasteiger charge is -2.22. The first-order valence-electron chi connectivity index (χ1n) is 20.3. The van der Waals surface area contributed by atoms with Gasteiger partial charge in [-0.1, -0.05) is 141 Å². The fourth-order valence-electron chi connectivity index (χ4n) is 5.74. The summed E-state index contributed by atoms with van der Waals surface area (Å²) in [6, 6.07) is 0. The molecule has 8 nitrogen and oxygen atoms in total. The molecule has 0 aromatic rings. The number of phosphoric acid groups is 1. The van der Waals surface area contributed by atoms with Gasteiger partial charge in [0, 0.05) is 25.7 Å². The molecule has 0 aromatic heterocycles. The predicted octanol–water partition coefficient (Wildman–Crippen LogP) is 13.0. The number of carbonyl (C=O) groups is 2. The smallest absolute Gasteiger partial charge is 0.425 e. The third kappa shape index (κ3) is 37.9. The molecular formula is C40H73F2O8P. The Labute approximate surface area is 309 Å². The molecule has 300 valence electrons. The molecule has 0 rings (SSSR count).